The molecule has 1 aliphatic carbocycles. The van der Waals surface area contributed by atoms with Crippen molar-refractivity contribution in [3.8, 4) is 0 Å². The lowest BCUT2D eigenvalue weighted by atomic mass is 9.85. The van der Waals surface area contributed by atoms with Gasteiger partial charge in [0.05, 0.1) is 0 Å². The van der Waals surface area contributed by atoms with Crippen molar-refractivity contribution in [2.75, 3.05) is 18.4 Å². The van der Waals surface area contributed by atoms with Crippen molar-refractivity contribution in [2.24, 2.45) is 0 Å². The van der Waals surface area contributed by atoms with Gasteiger partial charge in [0.25, 0.3) is 0 Å². The first-order valence-corrected chi connectivity index (χ1v) is 7.21. The van der Waals surface area contributed by atoms with Gasteiger partial charge in [0.1, 0.15) is 0 Å². The third-order valence-electron chi connectivity index (χ3n) is 4.14. The van der Waals surface area contributed by atoms with Gasteiger partial charge in [-0.3, -0.25) is 0 Å². The molecule has 1 aromatic heterocycles. The van der Waals surface area contributed by atoms with Crippen molar-refractivity contribution in [2.45, 2.75) is 50.5 Å². The number of hydrogen-bond donors (Lipinski definition) is 2. The quantitative estimate of drug-likeness (QED) is 0.859. The maximum Gasteiger partial charge on any atom is 0.222 e. The van der Waals surface area contributed by atoms with E-state index < -0.39 is 0 Å². The summed E-state index contributed by atoms with van der Waals surface area (Å²) in [5, 5.41) is 6.72. The highest BCUT2D eigenvalue weighted by Crippen LogP contribution is 2.31. The molecule has 0 amide bonds. The van der Waals surface area contributed by atoms with E-state index in [1.807, 2.05) is 12.4 Å². The Morgan fingerprint density at radius 3 is 2.50 bits per heavy atom. The number of nitrogens with one attached hydrogen (secondary N) is 2. The highest BCUT2D eigenvalue weighted by Gasteiger charge is 2.17. The maximum atomic E-state index is 4.47. The van der Waals surface area contributed by atoms with Gasteiger partial charge in [0, 0.05) is 25.0 Å². The zero-order valence-electron chi connectivity index (χ0n) is 10.9. The van der Waals surface area contributed by atoms with E-state index in [4.69, 9.17) is 0 Å². The average molecular weight is 246 g/mol. The molecule has 2 aliphatic rings. The number of nitrogens with zero attached hydrogens (tertiary/aromatic N) is 2. The third-order valence-corrected chi connectivity index (χ3v) is 4.14. The van der Waals surface area contributed by atoms with Gasteiger partial charge in [-0.15, -0.1) is 0 Å². The van der Waals surface area contributed by atoms with Crippen molar-refractivity contribution in [1.82, 2.24) is 15.3 Å². The fourth-order valence-electron chi connectivity index (χ4n) is 3.02. The minimum atomic E-state index is 0.491. The fraction of sp³-hybridized carbons (Fsp3) is 0.714. The molecule has 4 nitrogen and oxygen atoms in total. The zero-order valence-corrected chi connectivity index (χ0v) is 10.9. The highest BCUT2D eigenvalue weighted by atomic mass is 15.1. The Kier molecular flexibility index (Phi) is 3.74. The molecule has 2 heterocycles. The number of aromatic nitrogens is 2. The van der Waals surface area contributed by atoms with Crippen molar-refractivity contribution >= 4 is 5.95 Å². The number of hydrogen-bond acceptors (Lipinski definition) is 4. The largest absolute Gasteiger partial charge is 0.350 e. The van der Waals surface area contributed by atoms with E-state index in [9.17, 15) is 0 Å². The Labute approximate surface area is 109 Å². The van der Waals surface area contributed by atoms with Gasteiger partial charge in [-0.05, 0) is 37.3 Å². The second-order valence-corrected chi connectivity index (χ2v) is 5.51. The van der Waals surface area contributed by atoms with Crippen LogP contribution in [0.2, 0.25) is 0 Å². The SMILES string of the molecule is c1nc(NC2CCNC2)ncc1C1CCCCC1. The van der Waals surface area contributed by atoms with E-state index in [-0.39, 0.29) is 0 Å². The Bertz CT molecular complexity index is 364. The monoisotopic (exact) mass is 246 g/mol. The van der Waals surface area contributed by atoms with E-state index >= 15 is 0 Å². The molecule has 98 valence electrons. The van der Waals surface area contributed by atoms with Crippen LogP contribution in [0, 0.1) is 0 Å². The second kappa shape index (κ2) is 5.65. The van der Waals surface area contributed by atoms with Gasteiger partial charge >= 0.3 is 0 Å². The molecule has 18 heavy (non-hydrogen) atoms. The van der Waals surface area contributed by atoms with Gasteiger partial charge in [-0.25, -0.2) is 9.97 Å². The van der Waals surface area contributed by atoms with Crippen molar-refractivity contribution < 1.29 is 0 Å². The molecule has 1 aliphatic heterocycles. The van der Waals surface area contributed by atoms with Crippen LogP contribution < -0.4 is 10.6 Å². The lowest BCUT2D eigenvalue weighted by Crippen LogP contribution is -2.23. The topological polar surface area (TPSA) is 49.8 Å². The standard InChI is InChI=1S/C14H22N4/c1-2-4-11(5-3-1)12-8-16-14(17-9-12)18-13-6-7-15-10-13/h8-9,11,13,15H,1-7,10H2,(H,16,17,18). The predicted molar refractivity (Wildman–Crippen MR) is 72.8 cm³/mol. The summed E-state index contributed by atoms with van der Waals surface area (Å²) in [5.74, 6) is 1.48. The van der Waals surface area contributed by atoms with Crippen LogP contribution in [0.3, 0.4) is 0 Å². The minimum Gasteiger partial charge on any atom is -0.350 e. The third kappa shape index (κ3) is 2.80. The molecule has 2 fully saturated rings. The molecule has 0 radical (unpaired) electrons. The van der Waals surface area contributed by atoms with Crippen LogP contribution in [-0.4, -0.2) is 29.1 Å². The number of rotatable bonds is 3. The van der Waals surface area contributed by atoms with Gasteiger partial charge in [-0.1, -0.05) is 19.3 Å². The summed E-state index contributed by atoms with van der Waals surface area (Å²) in [7, 11) is 0. The molecule has 0 bridgehead atoms. The van der Waals surface area contributed by atoms with Crippen molar-refractivity contribution in [3.63, 3.8) is 0 Å². The normalized spacial score (nSPS) is 25.2. The van der Waals surface area contributed by atoms with Crippen LogP contribution in [0.1, 0.15) is 50.0 Å². The first-order chi connectivity index (χ1) is 8.92. The van der Waals surface area contributed by atoms with Crippen molar-refractivity contribution in [3.05, 3.63) is 18.0 Å². The van der Waals surface area contributed by atoms with Crippen LogP contribution in [0.25, 0.3) is 0 Å². The van der Waals surface area contributed by atoms with Gasteiger partial charge in [0.2, 0.25) is 5.95 Å². The minimum absolute atomic E-state index is 0.491. The highest BCUT2D eigenvalue weighted by molar-refractivity contribution is 5.28. The summed E-state index contributed by atoms with van der Waals surface area (Å²) in [6.07, 6.45) is 11.9. The molecule has 1 aromatic rings. The van der Waals surface area contributed by atoms with Crippen LogP contribution in [0.4, 0.5) is 5.95 Å². The molecule has 0 spiro atoms. The van der Waals surface area contributed by atoms with Crippen LogP contribution in [-0.2, 0) is 0 Å². The Morgan fingerprint density at radius 2 is 1.83 bits per heavy atom. The molecule has 1 unspecified atom stereocenters. The second-order valence-electron chi connectivity index (χ2n) is 5.51. The predicted octanol–water partition coefficient (Wildman–Crippen LogP) is 2.30. The van der Waals surface area contributed by atoms with Crippen LogP contribution >= 0.6 is 0 Å². The molecule has 4 heteroatoms. The summed E-state index contributed by atoms with van der Waals surface area (Å²) in [6.45, 7) is 2.12. The van der Waals surface area contributed by atoms with Crippen LogP contribution in [0.15, 0.2) is 12.4 Å². The zero-order chi connectivity index (χ0) is 12.2. The molecule has 2 N–H and O–H groups in total. The van der Waals surface area contributed by atoms with Crippen molar-refractivity contribution in [1.29, 1.82) is 0 Å². The van der Waals surface area contributed by atoms with Gasteiger partial charge in [0.15, 0.2) is 0 Å². The fourth-order valence-corrected chi connectivity index (χ4v) is 3.02. The molecular formula is C14H22N4. The van der Waals surface area contributed by atoms with Gasteiger partial charge < -0.3 is 10.6 Å². The Balaban J connectivity index is 1.60. The van der Waals surface area contributed by atoms with Crippen LogP contribution in [0.5, 0.6) is 0 Å². The lowest BCUT2D eigenvalue weighted by Gasteiger charge is -2.21. The summed E-state index contributed by atoms with van der Waals surface area (Å²) in [5.41, 5.74) is 1.32. The summed E-state index contributed by atoms with van der Waals surface area (Å²) < 4.78 is 0. The molecule has 1 saturated carbocycles. The molecule has 3 rings (SSSR count). The first kappa shape index (κ1) is 11.9. The molecule has 1 saturated heterocycles. The van der Waals surface area contributed by atoms with Gasteiger partial charge in [-0.2, -0.15) is 0 Å². The van der Waals surface area contributed by atoms with E-state index in [0.717, 1.165) is 25.5 Å². The Morgan fingerprint density at radius 1 is 1.06 bits per heavy atom. The molecule has 0 aromatic carbocycles. The Hall–Kier alpha value is -1.16. The summed E-state index contributed by atoms with van der Waals surface area (Å²) in [4.78, 5) is 8.93. The van der Waals surface area contributed by atoms with E-state index in [2.05, 4.69) is 20.6 Å². The first-order valence-electron chi connectivity index (χ1n) is 7.21. The maximum absolute atomic E-state index is 4.47. The lowest BCUT2D eigenvalue weighted by molar-refractivity contribution is 0.442. The van der Waals surface area contributed by atoms with E-state index in [0.29, 0.717) is 12.0 Å². The number of anilines is 1. The average Bonchev–Trinajstić information content (AvgIpc) is 2.94. The van der Waals surface area contributed by atoms with E-state index in [1.165, 1.54) is 37.7 Å². The summed E-state index contributed by atoms with van der Waals surface area (Å²) in [6, 6.07) is 0.491. The van der Waals surface area contributed by atoms with E-state index in [1.54, 1.807) is 0 Å². The summed E-state index contributed by atoms with van der Waals surface area (Å²) >= 11 is 0. The molecule has 1 atom stereocenters. The smallest absolute Gasteiger partial charge is 0.222 e. The molecular weight excluding hydrogens is 224 g/mol.